The van der Waals surface area contributed by atoms with Gasteiger partial charge in [0.05, 0.1) is 11.0 Å². The van der Waals surface area contributed by atoms with Crippen LogP contribution < -0.4 is 5.32 Å². The summed E-state index contributed by atoms with van der Waals surface area (Å²) in [6.45, 7) is 0.381. The van der Waals surface area contributed by atoms with Crippen LogP contribution in [0.1, 0.15) is 5.56 Å². The van der Waals surface area contributed by atoms with E-state index in [4.69, 9.17) is 0 Å². The van der Waals surface area contributed by atoms with Crippen LogP contribution in [0.2, 0.25) is 0 Å². The zero-order valence-corrected chi connectivity index (χ0v) is 13.5. The van der Waals surface area contributed by atoms with Crippen LogP contribution in [-0.4, -0.2) is 21.2 Å². The number of para-hydroxylation sites is 2. The summed E-state index contributed by atoms with van der Waals surface area (Å²) in [4.78, 5) is 16.3. The molecule has 0 aliphatic carbocycles. The Balaban J connectivity index is 1.78. The number of halogens is 2. The molecule has 120 valence electrons. The summed E-state index contributed by atoms with van der Waals surface area (Å²) in [6.07, 6.45) is 0. The maximum absolute atomic E-state index is 12.7. The third-order valence-electron chi connectivity index (χ3n) is 3.19. The third-order valence-corrected chi connectivity index (χ3v) is 4.62. The number of alkyl halides is 2. The zero-order valence-electron chi connectivity index (χ0n) is 11.9. The van der Waals surface area contributed by atoms with Crippen molar-refractivity contribution in [2.75, 3.05) is 0 Å². The molecule has 0 aliphatic rings. The van der Waals surface area contributed by atoms with Gasteiger partial charge in [-0.05, 0) is 46.3 Å². The van der Waals surface area contributed by atoms with Crippen LogP contribution in [0.15, 0.2) is 46.2 Å². The van der Waals surface area contributed by atoms with E-state index in [1.807, 2.05) is 16.8 Å². The Morgan fingerprint density at radius 3 is 2.91 bits per heavy atom. The number of benzene rings is 1. The number of carbonyl (C=O) groups is 1. The number of hydrogen-bond acceptors (Lipinski definition) is 4. The van der Waals surface area contributed by atoms with Crippen molar-refractivity contribution in [2.45, 2.75) is 24.0 Å². The highest BCUT2D eigenvalue weighted by molar-refractivity contribution is 7.99. The predicted molar refractivity (Wildman–Crippen MR) is 87.8 cm³/mol. The fourth-order valence-electron chi connectivity index (χ4n) is 2.17. The minimum Gasteiger partial charge on any atom is -0.350 e. The summed E-state index contributed by atoms with van der Waals surface area (Å²) < 4.78 is 26.9. The second kappa shape index (κ2) is 7.10. The van der Waals surface area contributed by atoms with Crippen molar-refractivity contribution in [3.8, 4) is 0 Å². The van der Waals surface area contributed by atoms with Gasteiger partial charge in [-0.1, -0.05) is 12.1 Å². The van der Waals surface area contributed by atoms with Crippen LogP contribution in [0.4, 0.5) is 8.78 Å². The second-order valence-electron chi connectivity index (χ2n) is 4.76. The largest absolute Gasteiger partial charge is 0.350 e. The van der Waals surface area contributed by atoms with Gasteiger partial charge in [0.1, 0.15) is 6.54 Å². The van der Waals surface area contributed by atoms with Crippen molar-refractivity contribution in [3.05, 3.63) is 46.7 Å². The van der Waals surface area contributed by atoms with Crippen LogP contribution in [0.5, 0.6) is 0 Å². The summed E-state index contributed by atoms with van der Waals surface area (Å²) in [5.41, 5.74) is 2.28. The number of nitrogens with one attached hydrogen (secondary N) is 1. The molecule has 23 heavy (non-hydrogen) atoms. The number of carbonyl (C=O) groups excluding carboxylic acids is 1. The van der Waals surface area contributed by atoms with Gasteiger partial charge in [-0.25, -0.2) is 4.98 Å². The van der Waals surface area contributed by atoms with Crippen LogP contribution >= 0.6 is 23.1 Å². The molecule has 0 saturated heterocycles. The first-order valence-corrected chi connectivity index (χ1v) is 8.63. The van der Waals surface area contributed by atoms with Crippen molar-refractivity contribution in [1.29, 1.82) is 0 Å². The third kappa shape index (κ3) is 3.89. The average Bonchev–Trinajstić information content (AvgIpc) is 3.14. The standard InChI is InChI=1S/C15H13F2N3OS2/c16-14(17)23-15-19-11-3-1-2-4-12(11)20(15)8-13(21)18-7-10-5-6-22-9-10/h1-6,9,14H,7-8H2,(H,18,21). The first-order valence-electron chi connectivity index (χ1n) is 6.81. The highest BCUT2D eigenvalue weighted by Gasteiger charge is 2.17. The summed E-state index contributed by atoms with van der Waals surface area (Å²) in [6, 6.07) is 9.01. The Hall–Kier alpha value is -1.93. The zero-order chi connectivity index (χ0) is 16.2. The van der Waals surface area contributed by atoms with E-state index in [9.17, 15) is 13.6 Å². The number of rotatable bonds is 6. The lowest BCUT2D eigenvalue weighted by Crippen LogP contribution is -2.27. The number of aromatic nitrogens is 2. The van der Waals surface area contributed by atoms with Crippen molar-refractivity contribution in [2.24, 2.45) is 0 Å². The number of thioether (sulfide) groups is 1. The molecule has 0 spiro atoms. The number of imidazole rings is 1. The number of hydrogen-bond donors (Lipinski definition) is 1. The molecule has 1 amide bonds. The van der Waals surface area contributed by atoms with E-state index in [0.29, 0.717) is 29.3 Å². The molecule has 0 saturated carbocycles. The molecule has 3 aromatic rings. The van der Waals surface area contributed by atoms with Gasteiger partial charge in [-0.3, -0.25) is 4.79 Å². The lowest BCUT2D eigenvalue weighted by Gasteiger charge is -2.09. The highest BCUT2D eigenvalue weighted by Crippen LogP contribution is 2.28. The molecule has 3 rings (SSSR count). The van der Waals surface area contributed by atoms with Gasteiger partial charge in [0.25, 0.3) is 5.76 Å². The number of fused-ring (bicyclic) bond motifs is 1. The summed E-state index contributed by atoms with van der Waals surface area (Å²) >= 11 is 1.90. The van der Waals surface area contributed by atoms with Crippen molar-refractivity contribution in [3.63, 3.8) is 0 Å². The topological polar surface area (TPSA) is 46.9 Å². The molecule has 2 aromatic heterocycles. The lowest BCUT2D eigenvalue weighted by atomic mass is 10.3. The summed E-state index contributed by atoms with van der Waals surface area (Å²) in [5.74, 6) is -2.82. The van der Waals surface area contributed by atoms with Crippen LogP contribution in [-0.2, 0) is 17.9 Å². The first kappa shape index (κ1) is 15.9. The number of thiophene rings is 1. The maximum Gasteiger partial charge on any atom is 0.291 e. The van der Waals surface area contributed by atoms with Crippen molar-refractivity contribution >= 4 is 40.0 Å². The van der Waals surface area contributed by atoms with E-state index in [0.717, 1.165) is 5.56 Å². The molecule has 0 fully saturated rings. The van der Waals surface area contributed by atoms with E-state index in [1.165, 1.54) is 4.57 Å². The minimum absolute atomic E-state index is 0.0420. The Labute approximate surface area is 139 Å². The molecule has 0 radical (unpaired) electrons. The molecular formula is C15H13F2N3OS2. The molecule has 1 N–H and O–H groups in total. The van der Waals surface area contributed by atoms with Crippen molar-refractivity contribution < 1.29 is 13.6 Å². The number of amides is 1. The smallest absolute Gasteiger partial charge is 0.291 e. The van der Waals surface area contributed by atoms with Gasteiger partial charge >= 0.3 is 0 Å². The van der Waals surface area contributed by atoms with E-state index >= 15 is 0 Å². The second-order valence-corrected chi connectivity index (χ2v) is 6.49. The fraction of sp³-hybridized carbons (Fsp3) is 0.200. The van der Waals surface area contributed by atoms with Crippen LogP contribution in [0, 0.1) is 0 Å². The molecule has 1 aromatic carbocycles. The Morgan fingerprint density at radius 1 is 1.35 bits per heavy atom. The number of nitrogens with zero attached hydrogens (tertiary/aromatic N) is 2. The molecular weight excluding hydrogens is 340 g/mol. The van der Waals surface area contributed by atoms with Gasteiger partial charge in [0, 0.05) is 6.54 Å². The van der Waals surface area contributed by atoms with Crippen LogP contribution in [0.25, 0.3) is 11.0 Å². The SMILES string of the molecule is O=C(Cn1c(SC(F)F)nc2ccccc21)NCc1ccsc1. The summed E-state index contributed by atoms with van der Waals surface area (Å²) in [7, 11) is 0. The van der Waals surface area contributed by atoms with Gasteiger partial charge in [-0.15, -0.1) is 0 Å². The van der Waals surface area contributed by atoms with Gasteiger partial charge in [-0.2, -0.15) is 20.1 Å². The molecule has 0 unspecified atom stereocenters. The lowest BCUT2D eigenvalue weighted by molar-refractivity contribution is -0.121. The van der Waals surface area contributed by atoms with E-state index in [1.54, 1.807) is 35.6 Å². The quantitative estimate of drug-likeness (QED) is 0.687. The molecule has 2 heterocycles. The van der Waals surface area contributed by atoms with Gasteiger partial charge in [0.15, 0.2) is 5.16 Å². The summed E-state index contributed by atoms with van der Waals surface area (Å²) in [5, 5.41) is 6.82. The van der Waals surface area contributed by atoms with E-state index in [-0.39, 0.29) is 17.6 Å². The normalized spacial score (nSPS) is 11.3. The first-order chi connectivity index (χ1) is 11.1. The molecule has 0 aliphatic heterocycles. The fourth-order valence-corrected chi connectivity index (χ4v) is 3.44. The molecule has 0 bridgehead atoms. The maximum atomic E-state index is 12.7. The van der Waals surface area contributed by atoms with Crippen molar-refractivity contribution in [1.82, 2.24) is 14.9 Å². The molecule has 4 nitrogen and oxygen atoms in total. The highest BCUT2D eigenvalue weighted by atomic mass is 32.2. The van der Waals surface area contributed by atoms with Gasteiger partial charge in [0.2, 0.25) is 5.91 Å². The van der Waals surface area contributed by atoms with E-state index < -0.39 is 5.76 Å². The van der Waals surface area contributed by atoms with Crippen LogP contribution in [0.3, 0.4) is 0 Å². The Bertz CT molecular complexity index is 802. The molecule has 8 heteroatoms. The van der Waals surface area contributed by atoms with Gasteiger partial charge < -0.3 is 9.88 Å². The monoisotopic (exact) mass is 353 g/mol. The Morgan fingerprint density at radius 2 is 2.17 bits per heavy atom. The predicted octanol–water partition coefficient (Wildman–Crippen LogP) is 3.73. The van der Waals surface area contributed by atoms with E-state index in [2.05, 4.69) is 10.3 Å². The Kier molecular flexibility index (Phi) is 4.92. The molecule has 0 atom stereocenters. The average molecular weight is 353 g/mol. The minimum atomic E-state index is -2.58.